The van der Waals surface area contributed by atoms with Crippen molar-refractivity contribution < 1.29 is 13.9 Å². The standard InChI is InChI=1S/C18H14FN3O2.C2H7N/c19-15-7-4-8-16-17(15)23-10-9-22(16)18-20-11-14(12-21-18)24-13-5-2-1-3-6-13;1-3-2/h1-8,11-12H,9-10H2;3H,1-2H3. The summed E-state index contributed by atoms with van der Waals surface area (Å²) in [4.78, 5) is 10.5. The average molecular weight is 368 g/mol. The fourth-order valence-corrected chi connectivity index (χ4v) is 2.55. The topological polar surface area (TPSA) is 59.5 Å². The van der Waals surface area contributed by atoms with Crippen LogP contribution in [0.5, 0.6) is 17.2 Å². The summed E-state index contributed by atoms with van der Waals surface area (Å²) in [5.41, 5.74) is 0.623. The van der Waals surface area contributed by atoms with E-state index in [1.54, 1.807) is 24.5 Å². The molecule has 0 radical (unpaired) electrons. The molecule has 0 aliphatic carbocycles. The number of anilines is 2. The number of hydrogen-bond acceptors (Lipinski definition) is 6. The van der Waals surface area contributed by atoms with E-state index in [2.05, 4.69) is 15.3 Å². The van der Waals surface area contributed by atoms with E-state index in [0.717, 1.165) is 0 Å². The molecule has 7 heteroatoms. The summed E-state index contributed by atoms with van der Waals surface area (Å²) < 4.78 is 24.9. The molecule has 2 aromatic carbocycles. The van der Waals surface area contributed by atoms with Crippen LogP contribution in [0.15, 0.2) is 60.9 Å². The Kier molecular flexibility index (Phi) is 6.17. The Bertz CT molecular complexity index is 860. The first kappa shape index (κ1) is 18.6. The fourth-order valence-electron chi connectivity index (χ4n) is 2.55. The Labute approximate surface area is 157 Å². The number of para-hydroxylation sites is 2. The van der Waals surface area contributed by atoms with Crippen LogP contribution < -0.4 is 19.7 Å². The van der Waals surface area contributed by atoms with Crippen molar-refractivity contribution in [3.05, 3.63) is 66.7 Å². The van der Waals surface area contributed by atoms with E-state index in [0.29, 0.717) is 36.3 Å². The minimum Gasteiger partial charge on any atom is -0.486 e. The number of nitrogens with one attached hydrogen (secondary N) is 1. The summed E-state index contributed by atoms with van der Waals surface area (Å²) >= 11 is 0. The van der Waals surface area contributed by atoms with Crippen LogP contribution in [0.3, 0.4) is 0 Å². The molecule has 0 saturated carbocycles. The van der Waals surface area contributed by atoms with Crippen LogP contribution in [0, 0.1) is 5.82 Å². The molecule has 2 heterocycles. The molecule has 0 atom stereocenters. The molecule has 1 N–H and O–H groups in total. The number of rotatable bonds is 3. The lowest BCUT2D eigenvalue weighted by molar-refractivity contribution is 0.296. The van der Waals surface area contributed by atoms with Crippen LogP contribution in [-0.2, 0) is 0 Å². The van der Waals surface area contributed by atoms with Crippen molar-refractivity contribution in [1.82, 2.24) is 15.3 Å². The number of benzene rings is 2. The first-order valence-electron chi connectivity index (χ1n) is 8.55. The Balaban J connectivity index is 0.000000659. The van der Waals surface area contributed by atoms with Crippen molar-refractivity contribution in [2.75, 3.05) is 32.1 Å². The first-order valence-corrected chi connectivity index (χ1v) is 8.55. The Morgan fingerprint density at radius 2 is 1.70 bits per heavy atom. The second-order valence-electron chi connectivity index (χ2n) is 5.72. The van der Waals surface area contributed by atoms with Gasteiger partial charge in [0.05, 0.1) is 24.6 Å². The molecular formula is C20H21FN4O2. The zero-order chi connectivity index (χ0) is 19.1. The van der Waals surface area contributed by atoms with Gasteiger partial charge in [0, 0.05) is 0 Å². The lowest BCUT2D eigenvalue weighted by atomic mass is 10.2. The van der Waals surface area contributed by atoms with Crippen molar-refractivity contribution in [1.29, 1.82) is 0 Å². The third-order valence-corrected chi connectivity index (χ3v) is 3.63. The zero-order valence-electron chi connectivity index (χ0n) is 15.2. The van der Waals surface area contributed by atoms with Gasteiger partial charge in [0.15, 0.2) is 17.3 Å². The maximum Gasteiger partial charge on any atom is 0.230 e. The highest BCUT2D eigenvalue weighted by molar-refractivity contribution is 5.67. The molecular weight excluding hydrogens is 347 g/mol. The fraction of sp³-hybridized carbons (Fsp3) is 0.200. The molecule has 0 saturated heterocycles. The minimum atomic E-state index is -0.388. The molecule has 1 aliphatic heterocycles. The molecule has 1 aliphatic rings. The Hall–Kier alpha value is -3.19. The quantitative estimate of drug-likeness (QED) is 0.759. The van der Waals surface area contributed by atoms with Gasteiger partial charge in [-0.1, -0.05) is 24.3 Å². The van der Waals surface area contributed by atoms with Crippen LogP contribution in [0.4, 0.5) is 16.0 Å². The monoisotopic (exact) mass is 368 g/mol. The van der Waals surface area contributed by atoms with Crippen molar-refractivity contribution in [3.8, 4) is 17.2 Å². The van der Waals surface area contributed by atoms with E-state index < -0.39 is 0 Å². The van der Waals surface area contributed by atoms with E-state index in [4.69, 9.17) is 9.47 Å². The van der Waals surface area contributed by atoms with Crippen LogP contribution >= 0.6 is 0 Å². The van der Waals surface area contributed by atoms with Gasteiger partial charge in [-0.2, -0.15) is 0 Å². The summed E-state index contributed by atoms with van der Waals surface area (Å²) in [6, 6.07) is 14.2. The van der Waals surface area contributed by atoms with Crippen LogP contribution in [-0.4, -0.2) is 37.2 Å². The molecule has 27 heavy (non-hydrogen) atoms. The van der Waals surface area contributed by atoms with Gasteiger partial charge in [-0.05, 0) is 38.4 Å². The molecule has 140 valence electrons. The van der Waals surface area contributed by atoms with Crippen molar-refractivity contribution in [3.63, 3.8) is 0 Å². The number of hydrogen-bond donors (Lipinski definition) is 1. The smallest absolute Gasteiger partial charge is 0.230 e. The Morgan fingerprint density at radius 1 is 1.00 bits per heavy atom. The lowest BCUT2D eigenvalue weighted by Gasteiger charge is -2.29. The summed E-state index contributed by atoms with van der Waals surface area (Å²) in [6.45, 7) is 0.925. The second kappa shape index (κ2) is 8.95. The van der Waals surface area contributed by atoms with Gasteiger partial charge < -0.3 is 19.7 Å². The second-order valence-corrected chi connectivity index (χ2v) is 5.72. The average Bonchev–Trinajstić information content (AvgIpc) is 2.70. The normalized spacial score (nSPS) is 12.3. The molecule has 0 unspecified atom stereocenters. The maximum absolute atomic E-state index is 13.9. The van der Waals surface area contributed by atoms with Gasteiger partial charge in [0.25, 0.3) is 0 Å². The SMILES string of the molecule is CNC.Fc1cccc2c1OCCN2c1ncc(Oc2ccccc2)cn1. The molecule has 1 aromatic heterocycles. The van der Waals surface area contributed by atoms with E-state index in [1.165, 1.54) is 6.07 Å². The molecule has 4 rings (SSSR count). The summed E-state index contributed by atoms with van der Waals surface area (Å²) in [5, 5.41) is 2.75. The molecule has 3 aromatic rings. The summed E-state index contributed by atoms with van der Waals surface area (Å²) in [6.07, 6.45) is 3.20. The zero-order valence-corrected chi connectivity index (χ0v) is 15.2. The van der Waals surface area contributed by atoms with Gasteiger partial charge in [-0.15, -0.1) is 0 Å². The van der Waals surface area contributed by atoms with Gasteiger partial charge in [-0.25, -0.2) is 14.4 Å². The van der Waals surface area contributed by atoms with Crippen molar-refractivity contribution >= 4 is 11.6 Å². The number of fused-ring (bicyclic) bond motifs is 1. The number of ether oxygens (including phenoxy) is 2. The Morgan fingerprint density at radius 3 is 2.41 bits per heavy atom. The van der Waals surface area contributed by atoms with E-state index in [1.807, 2.05) is 49.3 Å². The number of aromatic nitrogens is 2. The third-order valence-electron chi connectivity index (χ3n) is 3.63. The predicted octanol–water partition coefficient (Wildman–Crippen LogP) is 3.77. The van der Waals surface area contributed by atoms with Crippen LogP contribution in [0.2, 0.25) is 0 Å². The van der Waals surface area contributed by atoms with Crippen LogP contribution in [0.1, 0.15) is 0 Å². The maximum atomic E-state index is 13.9. The minimum absolute atomic E-state index is 0.233. The van der Waals surface area contributed by atoms with Crippen molar-refractivity contribution in [2.45, 2.75) is 0 Å². The van der Waals surface area contributed by atoms with Gasteiger partial charge >= 0.3 is 0 Å². The summed E-state index contributed by atoms with van der Waals surface area (Å²) in [7, 11) is 3.75. The van der Waals surface area contributed by atoms with Gasteiger partial charge in [-0.3, -0.25) is 0 Å². The van der Waals surface area contributed by atoms with Gasteiger partial charge in [0.1, 0.15) is 12.4 Å². The third kappa shape index (κ3) is 4.51. The van der Waals surface area contributed by atoms with Crippen molar-refractivity contribution in [2.24, 2.45) is 0 Å². The van der Waals surface area contributed by atoms with E-state index >= 15 is 0 Å². The van der Waals surface area contributed by atoms with E-state index in [9.17, 15) is 4.39 Å². The van der Waals surface area contributed by atoms with Gasteiger partial charge in [0.2, 0.25) is 5.95 Å². The first-order chi connectivity index (χ1) is 13.2. The highest BCUT2D eigenvalue weighted by Crippen LogP contribution is 2.37. The predicted molar refractivity (Wildman–Crippen MR) is 102 cm³/mol. The molecule has 0 amide bonds. The molecule has 6 nitrogen and oxygen atoms in total. The highest BCUT2D eigenvalue weighted by Gasteiger charge is 2.23. The largest absolute Gasteiger partial charge is 0.486 e. The molecule has 0 fully saturated rings. The number of halogens is 1. The lowest BCUT2D eigenvalue weighted by Crippen LogP contribution is -2.30. The van der Waals surface area contributed by atoms with E-state index in [-0.39, 0.29) is 11.6 Å². The summed E-state index contributed by atoms with van der Waals surface area (Å²) in [5.74, 6) is 1.58. The highest BCUT2D eigenvalue weighted by atomic mass is 19.1. The molecule has 0 spiro atoms. The molecule has 0 bridgehead atoms. The van der Waals surface area contributed by atoms with Crippen LogP contribution in [0.25, 0.3) is 0 Å². The number of nitrogens with zero attached hydrogens (tertiary/aromatic N) is 3.